The highest BCUT2D eigenvalue weighted by Gasteiger charge is 2.32. The van der Waals surface area contributed by atoms with Gasteiger partial charge in [-0.3, -0.25) is 4.90 Å². The lowest BCUT2D eigenvalue weighted by Crippen LogP contribution is -2.37. The molecule has 0 saturated carbocycles. The van der Waals surface area contributed by atoms with Crippen LogP contribution in [-0.2, 0) is 16.4 Å². The van der Waals surface area contributed by atoms with Crippen LogP contribution in [0.4, 0.5) is 0 Å². The highest BCUT2D eigenvalue weighted by atomic mass is 32.2. The molecule has 4 rings (SSSR count). The first-order valence-corrected chi connectivity index (χ1v) is 12.4. The Labute approximate surface area is 184 Å². The van der Waals surface area contributed by atoms with Crippen LogP contribution in [0.2, 0.25) is 0 Å². The van der Waals surface area contributed by atoms with Crippen molar-refractivity contribution in [3.63, 3.8) is 0 Å². The largest absolute Gasteiger partial charge is 0.395 e. The molecule has 31 heavy (non-hydrogen) atoms. The Morgan fingerprint density at radius 1 is 1.13 bits per heavy atom. The normalized spacial score (nSPS) is 18.0. The summed E-state index contributed by atoms with van der Waals surface area (Å²) in [5.74, 6) is 0.367. The van der Waals surface area contributed by atoms with Crippen LogP contribution in [0.1, 0.15) is 23.1 Å². The molecular weight excluding hydrogens is 410 g/mol. The van der Waals surface area contributed by atoms with Gasteiger partial charge in [0.2, 0.25) is 0 Å². The van der Waals surface area contributed by atoms with E-state index in [9.17, 15) is 13.5 Å². The zero-order valence-corrected chi connectivity index (χ0v) is 18.8. The van der Waals surface area contributed by atoms with E-state index in [-0.39, 0.29) is 24.2 Å². The fraction of sp³-hybridized carbons (Fsp3) is 0.375. The highest BCUT2D eigenvalue weighted by Crippen LogP contribution is 2.28. The molecular formula is C24H29N3O3S. The average Bonchev–Trinajstić information content (AvgIpc) is 3.31. The van der Waals surface area contributed by atoms with Gasteiger partial charge in [0, 0.05) is 36.5 Å². The summed E-state index contributed by atoms with van der Waals surface area (Å²) in [7, 11) is -3.00. The van der Waals surface area contributed by atoms with Crippen LogP contribution in [0.5, 0.6) is 0 Å². The molecule has 1 N–H and O–H groups in total. The number of sulfone groups is 1. The topological polar surface area (TPSA) is 75.4 Å². The molecule has 0 amide bonds. The minimum atomic E-state index is -3.00. The summed E-state index contributed by atoms with van der Waals surface area (Å²) in [4.78, 5) is 2.08. The lowest BCUT2D eigenvalue weighted by Gasteiger charge is -2.27. The van der Waals surface area contributed by atoms with E-state index in [4.69, 9.17) is 5.10 Å². The predicted molar refractivity (Wildman–Crippen MR) is 123 cm³/mol. The molecule has 1 aliphatic heterocycles. The summed E-state index contributed by atoms with van der Waals surface area (Å²) >= 11 is 0. The maximum absolute atomic E-state index is 12.0. The van der Waals surface area contributed by atoms with Gasteiger partial charge in [-0.1, -0.05) is 41.5 Å². The van der Waals surface area contributed by atoms with Crippen molar-refractivity contribution >= 4 is 9.84 Å². The fourth-order valence-electron chi connectivity index (χ4n) is 4.19. The Morgan fingerprint density at radius 2 is 1.90 bits per heavy atom. The van der Waals surface area contributed by atoms with Crippen molar-refractivity contribution < 1.29 is 13.5 Å². The van der Waals surface area contributed by atoms with Gasteiger partial charge >= 0.3 is 0 Å². The van der Waals surface area contributed by atoms with E-state index in [1.807, 2.05) is 29.1 Å². The van der Waals surface area contributed by atoms with E-state index in [1.54, 1.807) is 0 Å². The summed E-state index contributed by atoms with van der Waals surface area (Å²) in [5, 5.41) is 14.5. The lowest BCUT2D eigenvalue weighted by molar-refractivity contribution is 0.154. The van der Waals surface area contributed by atoms with Gasteiger partial charge in [-0.05, 0) is 38.5 Å². The van der Waals surface area contributed by atoms with Crippen LogP contribution in [0.25, 0.3) is 16.9 Å². The summed E-state index contributed by atoms with van der Waals surface area (Å²) in [5.41, 5.74) is 6.25. The molecule has 2 aromatic carbocycles. The van der Waals surface area contributed by atoms with E-state index < -0.39 is 9.84 Å². The van der Waals surface area contributed by atoms with E-state index >= 15 is 0 Å². The van der Waals surface area contributed by atoms with Crippen molar-refractivity contribution in [3.8, 4) is 16.9 Å². The monoisotopic (exact) mass is 439 g/mol. The minimum absolute atomic E-state index is 0.0115. The number of aryl methyl sites for hydroxylation is 2. The van der Waals surface area contributed by atoms with E-state index in [0.717, 1.165) is 28.1 Å². The van der Waals surface area contributed by atoms with Gasteiger partial charge < -0.3 is 5.11 Å². The molecule has 1 aromatic heterocycles. The Balaban J connectivity index is 1.72. The van der Waals surface area contributed by atoms with Crippen molar-refractivity contribution in [3.05, 3.63) is 71.4 Å². The fourth-order valence-corrected chi connectivity index (χ4v) is 5.95. The molecule has 0 spiro atoms. The standard InChI is InChI=1S/C24H29N3O3S/c1-18-6-8-22(9-7-18)27-16-21(24(25-27)20-5-3-4-19(2)14-20)15-26(11-12-28)23-10-13-31(29,30)17-23/h3-9,14,16,23,28H,10-13,15,17H2,1-2H3/t23-/m1/s1. The smallest absolute Gasteiger partial charge is 0.151 e. The molecule has 3 aromatic rings. The Kier molecular flexibility index (Phi) is 6.27. The Morgan fingerprint density at radius 3 is 2.55 bits per heavy atom. The summed E-state index contributed by atoms with van der Waals surface area (Å²) in [6.45, 7) is 5.07. The number of hydrogen-bond donors (Lipinski definition) is 1. The van der Waals surface area contributed by atoms with Crippen LogP contribution < -0.4 is 0 Å². The van der Waals surface area contributed by atoms with Crippen molar-refractivity contribution in [2.75, 3.05) is 24.7 Å². The van der Waals surface area contributed by atoms with Gasteiger partial charge in [-0.2, -0.15) is 5.10 Å². The van der Waals surface area contributed by atoms with Crippen LogP contribution in [0.15, 0.2) is 54.7 Å². The zero-order valence-electron chi connectivity index (χ0n) is 18.0. The number of aliphatic hydroxyl groups excluding tert-OH is 1. The second-order valence-corrected chi connectivity index (χ2v) is 10.6. The number of aromatic nitrogens is 2. The van der Waals surface area contributed by atoms with Gasteiger partial charge in [-0.15, -0.1) is 0 Å². The van der Waals surface area contributed by atoms with E-state index in [0.29, 0.717) is 19.5 Å². The maximum atomic E-state index is 12.0. The van der Waals surface area contributed by atoms with E-state index in [2.05, 4.69) is 49.1 Å². The van der Waals surface area contributed by atoms with Gasteiger partial charge in [0.1, 0.15) is 0 Å². The first-order chi connectivity index (χ1) is 14.8. The molecule has 7 heteroatoms. The van der Waals surface area contributed by atoms with Gasteiger partial charge in [0.15, 0.2) is 9.84 Å². The van der Waals surface area contributed by atoms with E-state index in [1.165, 1.54) is 5.56 Å². The third kappa shape index (κ3) is 5.06. The molecule has 1 saturated heterocycles. The van der Waals surface area contributed by atoms with Crippen molar-refractivity contribution in [2.24, 2.45) is 0 Å². The number of hydrogen-bond acceptors (Lipinski definition) is 5. The molecule has 164 valence electrons. The summed E-state index contributed by atoms with van der Waals surface area (Å²) in [6.07, 6.45) is 2.63. The number of nitrogens with zero attached hydrogens (tertiary/aromatic N) is 3. The Hall–Kier alpha value is -2.48. The SMILES string of the molecule is Cc1ccc(-n2cc(CN(CCO)[C@@H]3CCS(=O)(=O)C3)c(-c3cccc(C)c3)n2)cc1. The van der Waals surface area contributed by atoms with Crippen molar-refractivity contribution in [1.29, 1.82) is 0 Å². The van der Waals surface area contributed by atoms with Gasteiger partial charge in [-0.25, -0.2) is 13.1 Å². The van der Waals surface area contributed by atoms with Gasteiger partial charge in [0.25, 0.3) is 0 Å². The summed E-state index contributed by atoms with van der Waals surface area (Å²) < 4.78 is 26.0. The second-order valence-electron chi connectivity index (χ2n) is 8.40. The first-order valence-electron chi connectivity index (χ1n) is 10.6. The molecule has 1 aliphatic rings. The highest BCUT2D eigenvalue weighted by molar-refractivity contribution is 7.91. The van der Waals surface area contributed by atoms with Crippen LogP contribution in [0, 0.1) is 13.8 Å². The molecule has 6 nitrogen and oxygen atoms in total. The zero-order chi connectivity index (χ0) is 22.0. The molecule has 2 heterocycles. The Bertz CT molecular complexity index is 1150. The van der Waals surface area contributed by atoms with Crippen LogP contribution in [-0.4, -0.2) is 58.9 Å². The van der Waals surface area contributed by atoms with Crippen molar-refractivity contribution in [2.45, 2.75) is 32.9 Å². The third-order valence-electron chi connectivity index (χ3n) is 5.87. The molecule has 0 unspecified atom stereocenters. The maximum Gasteiger partial charge on any atom is 0.151 e. The van der Waals surface area contributed by atoms with Gasteiger partial charge in [0.05, 0.1) is 29.5 Å². The number of benzene rings is 2. The van der Waals surface area contributed by atoms with Crippen LogP contribution >= 0.6 is 0 Å². The molecule has 0 bridgehead atoms. The molecule has 1 fully saturated rings. The first kappa shape index (κ1) is 21.7. The quantitative estimate of drug-likeness (QED) is 0.612. The molecule has 1 atom stereocenters. The number of aliphatic hydroxyl groups is 1. The third-order valence-corrected chi connectivity index (χ3v) is 7.62. The predicted octanol–water partition coefficient (Wildman–Crippen LogP) is 3.14. The molecule has 0 aliphatic carbocycles. The minimum Gasteiger partial charge on any atom is -0.395 e. The molecule has 0 radical (unpaired) electrons. The summed E-state index contributed by atoms with van der Waals surface area (Å²) in [6, 6.07) is 16.4. The van der Waals surface area contributed by atoms with Crippen LogP contribution in [0.3, 0.4) is 0 Å². The average molecular weight is 440 g/mol. The number of rotatable bonds is 7. The van der Waals surface area contributed by atoms with Crippen molar-refractivity contribution in [1.82, 2.24) is 14.7 Å². The second kappa shape index (κ2) is 8.94. The lowest BCUT2D eigenvalue weighted by atomic mass is 10.0.